The Morgan fingerprint density at radius 3 is 3.04 bits per heavy atom. The molecular weight excluding hydrogens is 334 g/mol. The third kappa shape index (κ3) is 3.33. The molecule has 7 heteroatoms. The largest absolute Gasteiger partial charge is 0.472 e. The van der Waals surface area contributed by atoms with Gasteiger partial charge in [0.1, 0.15) is 11.7 Å². The van der Waals surface area contributed by atoms with Gasteiger partial charge in [-0.15, -0.1) is 0 Å². The number of furan rings is 1. The molecule has 1 atom stereocenters. The molecule has 3 heterocycles. The molecule has 1 amide bonds. The van der Waals surface area contributed by atoms with E-state index in [9.17, 15) is 4.79 Å². The van der Waals surface area contributed by atoms with Gasteiger partial charge in [-0.1, -0.05) is 18.2 Å². The lowest BCUT2D eigenvalue weighted by Gasteiger charge is -2.32. The number of nitrogens with zero attached hydrogens (tertiary/aromatic N) is 3. The first-order valence-electron chi connectivity index (χ1n) is 8.54. The van der Waals surface area contributed by atoms with Gasteiger partial charge in [0.25, 0.3) is 5.91 Å². The number of rotatable bonds is 4. The maximum absolute atomic E-state index is 12.8. The van der Waals surface area contributed by atoms with Gasteiger partial charge in [-0.25, -0.2) is 4.98 Å². The summed E-state index contributed by atoms with van der Waals surface area (Å²) >= 11 is 0. The predicted octanol–water partition coefficient (Wildman–Crippen LogP) is 2.92. The quantitative estimate of drug-likeness (QED) is 0.718. The highest BCUT2D eigenvalue weighted by Gasteiger charge is 2.28. The van der Waals surface area contributed by atoms with Crippen LogP contribution in [0, 0.1) is 0 Å². The third-order valence-corrected chi connectivity index (χ3v) is 4.38. The lowest BCUT2D eigenvalue weighted by molar-refractivity contribution is 0.0500. The number of hydrogen-bond donors (Lipinski definition) is 0. The monoisotopic (exact) mass is 353 g/mol. The summed E-state index contributed by atoms with van der Waals surface area (Å²) in [6, 6.07) is 11.3. The van der Waals surface area contributed by atoms with Gasteiger partial charge in [0.15, 0.2) is 5.76 Å². The second-order valence-corrected chi connectivity index (χ2v) is 6.16. The van der Waals surface area contributed by atoms with Crippen molar-refractivity contribution in [2.75, 3.05) is 20.2 Å². The zero-order chi connectivity index (χ0) is 17.9. The Bertz CT molecular complexity index is 891. The second-order valence-electron chi connectivity index (χ2n) is 6.16. The zero-order valence-corrected chi connectivity index (χ0v) is 14.4. The van der Waals surface area contributed by atoms with Crippen molar-refractivity contribution >= 4 is 16.9 Å². The van der Waals surface area contributed by atoms with Crippen LogP contribution in [-0.2, 0) is 0 Å². The maximum atomic E-state index is 12.8. The van der Waals surface area contributed by atoms with Crippen LogP contribution in [0.25, 0.3) is 11.0 Å². The van der Waals surface area contributed by atoms with Crippen molar-refractivity contribution < 1.29 is 18.7 Å². The molecular formula is C19H19N3O4. The van der Waals surface area contributed by atoms with Crippen molar-refractivity contribution in [2.45, 2.75) is 18.9 Å². The van der Waals surface area contributed by atoms with E-state index in [1.807, 2.05) is 24.3 Å². The summed E-state index contributed by atoms with van der Waals surface area (Å²) < 4.78 is 16.6. The molecule has 0 saturated carbocycles. The minimum atomic E-state index is -0.128. The molecule has 0 bridgehead atoms. The van der Waals surface area contributed by atoms with Crippen LogP contribution in [0.3, 0.4) is 0 Å². The fourth-order valence-corrected chi connectivity index (χ4v) is 3.12. The van der Waals surface area contributed by atoms with E-state index in [1.165, 1.54) is 7.11 Å². The average Bonchev–Trinajstić information content (AvgIpc) is 3.12. The number of aromatic nitrogens is 2. The van der Waals surface area contributed by atoms with E-state index < -0.39 is 0 Å². The number of methoxy groups -OCH3 is 1. The SMILES string of the molecule is COc1nccc(OC2CCCN(C(=O)c3cc4ccccc4o3)C2)n1. The molecule has 1 aromatic carbocycles. The van der Waals surface area contributed by atoms with Gasteiger partial charge in [-0.2, -0.15) is 4.98 Å². The van der Waals surface area contributed by atoms with Crippen LogP contribution in [0.2, 0.25) is 0 Å². The van der Waals surface area contributed by atoms with Gasteiger partial charge in [0.2, 0.25) is 5.88 Å². The molecule has 1 fully saturated rings. The molecule has 0 radical (unpaired) electrons. The minimum Gasteiger partial charge on any atom is -0.472 e. The Morgan fingerprint density at radius 2 is 2.19 bits per heavy atom. The third-order valence-electron chi connectivity index (χ3n) is 4.38. The summed E-state index contributed by atoms with van der Waals surface area (Å²) in [4.78, 5) is 22.7. The van der Waals surface area contributed by atoms with Crippen LogP contribution in [0.5, 0.6) is 11.9 Å². The second kappa shape index (κ2) is 7.03. The van der Waals surface area contributed by atoms with Crippen molar-refractivity contribution in [3.8, 4) is 11.9 Å². The Morgan fingerprint density at radius 1 is 1.31 bits per heavy atom. The van der Waals surface area contributed by atoms with Crippen molar-refractivity contribution in [3.63, 3.8) is 0 Å². The number of hydrogen-bond acceptors (Lipinski definition) is 6. The number of ether oxygens (including phenoxy) is 2. The fraction of sp³-hybridized carbons (Fsp3) is 0.316. The number of para-hydroxylation sites is 1. The predicted molar refractivity (Wildman–Crippen MR) is 94.4 cm³/mol. The molecule has 1 unspecified atom stereocenters. The first kappa shape index (κ1) is 16.4. The molecule has 0 spiro atoms. The van der Waals surface area contributed by atoms with Crippen LogP contribution in [0.15, 0.2) is 47.0 Å². The lowest BCUT2D eigenvalue weighted by Crippen LogP contribution is -2.44. The van der Waals surface area contributed by atoms with E-state index in [0.29, 0.717) is 30.3 Å². The topological polar surface area (TPSA) is 77.7 Å². The maximum Gasteiger partial charge on any atom is 0.319 e. The summed E-state index contributed by atoms with van der Waals surface area (Å²) in [6.45, 7) is 1.17. The minimum absolute atomic E-state index is 0.116. The first-order chi connectivity index (χ1) is 12.7. The molecule has 3 aromatic rings. The number of fused-ring (bicyclic) bond motifs is 1. The molecule has 26 heavy (non-hydrogen) atoms. The van der Waals surface area contributed by atoms with Gasteiger partial charge in [0, 0.05) is 24.2 Å². The average molecular weight is 353 g/mol. The molecule has 134 valence electrons. The van der Waals surface area contributed by atoms with Crippen LogP contribution in [0.1, 0.15) is 23.4 Å². The summed E-state index contributed by atoms with van der Waals surface area (Å²) in [7, 11) is 1.51. The molecule has 1 aliphatic heterocycles. The normalized spacial score (nSPS) is 17.3. The van der Waals surface area contributed by atoms with Crippen LogP contribution in [-0.4, -0.2) is 47.1 Å². The lowest BCUT2D eigenvalue weighted by atomic mass is 10.1. The van der Waals surface area contributed by atoms with E-state index >= 15 is 0 Å². The molecule has 0 N–H and O–H groups in total. The molecule has 1 aliphatic rings. The number of likely N-dealkylation sites (tertiary alicyclic amines) is 1. The van der Waals surface area contributed by atoms with Crippen LogP contribution >= 0.6 is 0 Å². The Kier molecular flexibility index (Phi) is 4.43. The molecule has 1 saturated heterocycles. The number of piperidine rings is 1. The highest BCUT2D eigenvalue weighted by Crippen LogP contribution is 2.23. The van der Waals surface area contributed by atoms with E-state index in [1.54, 1.807) is 23.2 Å². The highest BCUT2D eigenvalue weighted by molar-refractivity contribution is 5.96. The Labute approximate surface area is 150 Å². The summed E-state index contributed by atoms with van der Waals surface area (Å²) in [6.07, 6.45) is 3.17. The zero-order valence-electron chi connectivity index (χ0n) is 14.4. The standard InChI is InChI=1S/C19H19N3O4/c1-24-19-20-9-8-17(21-19)25-14-6-4-10-22(12-14)18(23)16-11-13-5-2-3-7-15(13)26-16/h2-3,5,7-9,11,14H,4,6,10,12H2,1H3. The van der Waals surface area contributed by atoms with Crippen molar-refractivity contribution in [1.29, 1.82) is 0 Å². The van der Waals surface area contributed by atoms with Crippen LogP contribution < -0.4 is 9.47 Å². The summed E-state index contributed by atoms with van der Waals surface area (Å²) in [5, 5.41) is 0.925. The van der Waals surface area contributed by atoms with Gasteiger partial charge in [-0.3, -0.25) is 4.79 Å². The molecule has 2 aromatic heterocycles. The first-order valence-corrected chi connectivity index (χ1v) is 8.54. The Hall–Kier alpha value is -3.09. The van der Waals surface area contributed by atoms with Gasteiger partial charge in [-0.05, 0) is 25.0 Å². The van der Waals surface area contributed by atoms with Gasteiger partial charge in [0.05, 0.1) is 13.7 Å². The van der Waals surface area contributed by atoms with Crippen molar-refractivity contribution in [2.24, 2.45) is 0 Å². The van der Waals surface area contributed by atoms with Gasteiger partial charge < -0.3 is 18.8 Å². The van der Waals surface area contributed by atoms with Crippen molar-refractivity contribution in [1.82, 2.24) is 14.9 Å². The number of carbonyl (C=O) groups is 1. The summed E-state index contributed by atoms with van der Waals surface area (Å²) in [5.74, 6) is 0.685. The smallest absolute Gasteiger partial charge is 0.319 e. The highest BCUT2D eigenvalue weighted by atomic mass is 16.5. The van der Waals surface area contributed by atoms with Crippen molar-refractivity contribution in [3.05, 3.63) is 48.4 Å². The number of amides is 1. The molecule has 7 nitrogen and oxygen atoms in total. The van der Waals surface area contributed by atoms with Crippen LogP contribution in [0.4, 0.5) is 0 Å². The number of benzene rings is 1. The summed E-state index contributed by atoms with van der Waals surface area (Å²) in [5.41, 5.74) is 0.716. The molecule has 0 aliphatic carbocycles. The fourth-order valence-electron chi connectivity index (χ4n) is 3.12. The Balaban J connectivity index is 1.46. The van der Waals surface area contributed by atoms with Gasteiger partial charge >= 0.3 is 6.01 Å². The van der Waals surface area contributed by atoms with E-state index in [4.69, 9.17) is 13.9 Å². The molecule has 4 rings (SSSR count). The van der Waals surface area contributed by atoms with E-state index in [0.717, 1.165) is 18.2 Å². The van der Waals surface area contributed by atoms with E-state index in [2.05, 4.69) is 9.97 Å². The number of carbonyl (C=O) groups excluding carboxylic acids is 1. The van der Waals surface area contributed by atoms with E-state index in [-0.39, 0.29) is 18.0 Å².